The molecular formula is C13H24N2. The number of likely N-dealkylation sites (tertiary alicyclic amines) is 1. The van der Waals surface area contributed by atoms with E-state index in [9.17, 15) is 0 Å². The molecule has 0 aromatic heterocycles. The number of hydrogen-bond donors (Lipinski definition) is 1. The molecule has 0 radical (unpaired) electrons. The van der Waals surface area contributed by atoms with Gasteiger partial charge >= 0.3 is 0 Å². The van der Waals surface area contributed by atoms with Gasteiger partial charge in [0.25, 0.3) is 0 Å². The summed E-state index contributed by atoms with van der Waals surface area (Å²) in [5.41, 5.74) is 5.92. The highest BCUT2D eigenvalue weighted by molar-refractivity contribution is 5.01. The van der Waals surface area contributed by atoms with Gasteiger partial charge in [-0.05, 0) is 44.1 Å². The lowest BCUT2D eigenvalue weighted by atomic mass is 9.90. The van der Waals surface area contributed by atoms with Gasteiger partial charge in [-0.15, -0.1) is 0 Å². The third kappa shape index (κ3) is 1.83. The van der Waals surface area contributed by atoms with Crippen molar-refractivity contribution in [3.05, 3.63) is 0 Å². The lowest BCUT2D eigenvalue weighted by Crippen LogP contribution is -2.51. The SMILES string of the molecule is NCC1CCCCN1C1CCCC2CC21. The Morgan fingerprint density at radius 3 is 2.87 bits per heavy atom. The molecule has 86 valence electrons. The first-order valence-electron chi connectivity index (χ1n) is 6.86. The molecule has 1 heterocycles. The van der Waals surface area contributed by atoms with Crippen LogP contribution in [0.25, 0.3) is 0 Å². The second-order valence-electron chi connectivity index (χ2n) is 5.78. The molecule has 0 aromatic carbocycles. The average Bonchev–Trinajstić information content (AvgIpc) is 3.07. The van der Waals surface area contributed by atoms with Crippen LogP contribution in [0.1, 0.15) is 44.9 Å². The molecule has 2 N–H and O–H groups in total. The predicted molar refractivity (Wildman–Crippen MR) is 62.6 cm³/mol. The van der Waals surface area contributed by atoms with Crippen molar-refractivity contribution in [1.29, 1.82) is 0 Å². The van der Waals surface area contributed by atoms with E-state index in [1.165, 1.54) is 51.5 Å². The molecule has 0 bridgehead atoms. The van der Waals surface area contributed by atoms with Crippen molar-refractivity contribution < 1.29 is 0 Å². The monoisotopic (exact) mass is 208 g/mol. The Kier molecular flexibility index (Phi) is 2.73. The van der Waals surface area contributed by atoms with Crippen molar-refractivity contribution in [3.8, 4) is 0 Å². The zero-order chi connectivity index (χ0) is 10.3. The molecular weight excluding hydrogens is 184 g/mol. The summed E-state index contributed by atoms with van der Waals surface area (Å²) in [6.07, 6.45) is 10.1. The predicted octanol–water partition coefficient (Wildman–Crippen LogP) is 1.99. The summed E-state index contributed by atoms with van der Waals surface area (Å²) in [6.45, 7) is 2.21. The summed E-state index contributed by atoms with van der Waals surface area (Å²) in [5, 5.41) is 0. The smallest absolute Gasteiger partial charge is 0.0221 e. The number of rotatable bonds is 2. The number of nitrogens with two attached hydrogens (primary N) is 1. The Labute approximate surface area is 93.2 Å². The van der Waals surface area contributed by atoms with E-state index in [1.807, 2.05) is 0 Å². The maximum Gasteiger partial charge on any atom is 0.0221 e. The van der Waals surface area contributed by atoms with Crippen LogP contribution in [0.4, 0.5) is 0 Å². The third-order valence-electron chi connectivity index (χ3n) is 4.92. The van der Waals surface area contributed by atoms with Gasteiger partial charge in [-0.25, -0.2) is 0 Å². The molecule has 1 saturated heterocycles. The number of hydrogen-bond acceptors (Lipinski definition) is 2. The van der Waals surface area contributed by atoms with Crippen molar-refractivity contribution >= 4 is 0 Å². The fraction of sp³-hybridized carbons (Fsp3) is 1.00. The fourth-order valence-electron chi connectivity index (χ4n) is 4.00. The molecule has 4 unspecified atom stereocenters. The summed E-state index contributed by atoms with van der Waals surface area (Å²) in [6, 6.07) is 1.63. The van der Waals surface area contributed by atoms with E-state index < -0.39 is 0 Å². The van der Waals surface area contributed by atoms with Gasteiger partial charge in [0.2, 0.25) is 0 Å². The molecule has 0 amide bonds. The lowest BCUT2D eigenvalue weighted by molar-refractivity contribution is 0.0684. The summed E-state index contributed by atoms with van der Waals surface area (Å²) < 4.78 is 0. The minimum absolute atomic E-state index is 0.711. The number of piperidine rings is 1. The molecule has 2 nitrogen and oxygen atoms in total. The number of nitrogens with zero attached hydrogens (tertiary/aromatic N) is 1. The first kappa shape index (κ1) is 10.1. The van der Waals surface area contributed by atoms with Crippen LogP contribution in [-0.2, 0) is 0 Å². The van der Waals surface area contributed by atoms with Crippen LogP contribution in [0.2, 0.25) is 0 Å². The van der Waals surface area contributed by atoms with Gasteiger partial charge in [-0.3, -0.25) is 4.90 Å². The third-order valence-corrected chi connectivity index (χ3v) is 4.92. The van der Waals surface area contributed by atoms with Gasteiger partial charge in [-0.1, -0.05) is 19.3 Å². The van der Waals surface area contributed by atoms with E-state index in [4.69, 9.17) is 5.73 Å². The maximum absolute atomic E-state index is 5.92. The highest BCUT2D eigenvalue weighted by Gasteiger charge is 2.48. The highest BCUT2D eigenvalue weighted by atomic mass is 15.2. The zero-order valence-corrected chi connectivity index (χ0v) is 9.70. The first-order valence-corrected chi connectivity index (χ1v) is 6.86. The van der Waals surface area contributed by atoms with Crippen LogP contribution in [0, 0.1) is 11.8 Å². The van der Waals surface area contributed by atoms with E-state index in [0.717, 1.165) is 24.4 Å². The minimum Gasteiger partial charge on any atom is -0.329 e. The van der Waals surface area contributed by atoms with E-state index in [2.05, 4.69) is 4.90 Å². The standard InChI is InChI=1S/C13H24N2/c14-9-11-5-1-2-7-15(11)13-6-3-4-10-8-12(10)13/h10-13H,1-9,14H2. The van der Waals surface area contributed by atoms with Gasteiger partial charge in [0.15, 0.2) is 0 Å². The van der Waals surface area contributed by atoms with E-state index in [1.54, 1.807) is 0 Å². The minimum atomic E-state index is 0.711. The first-order chi connectivity index (χ1) is 7.40. The second kappa shape index (κ2) is 4.06. The van der Waals surface area contributed by atoms with Crippen LogP contribution in [0.5, 0.6) is 0 Å². The Morgan fingerprint density at radius 1 is 1.07 bits per heavy atom. The fourth-order valence-corrected chi connectivity index (χ4v) is 4.00. The molecule has 1 aliphatic heterocycles. The highest BCUT2D eigenvalue weighted by Crippen LogP contribution is 2.51. The van der Waals surface area contributed by atoms with Gasteiger partial charge in [0.1, 0.15) is 0 Å². The number of fused-ring (bicyclic) bond motifs is 1. The molecule has 3 rings (SSSR count). The summed E-state index contributed by atoms with van der Waals surface area (Å²) in [4.78, 5) is 2.79. The van der Waals surface area contributed by atoms with Crippen molar-refractivity contribution in [2.75, 3.05) is 13.1 Å². The van der Waals surface area contributed by atoms with E-state index >= 15 is 0 Å². The van der Waals surface area contributed by atoms with Crippen molar-refractivity contribution in [3.63, 3.8) is 0 Å². The Morgan fingerprint density at radius 2 is 2.00 bits per heavy atom. The summed E-state index contributed by atoms with van der Waals surface area (Å²) in [7, 11) is 0. The van der Waals surface area contributed by atoms with Crippen molar-refractivity contribution in [2.24, 2.45) is 17.6 Å². The van der Waals surface area contributed by atoms with Gasteiger partial charge in [-0.2, -0.15) is 0 Å². The Hall–Kier alpha value is -0.0800. The van der Waals surface area contributed by atoms with E-state index in [-0.39, 0.29) is 0 Å². The summed E-state index contributed by atoms with van der Waals surface area (Å²) in [5.74, 6) is 2.16. The molecule has 2 saturated carbocycles. The van der Waals surface area contributed by atoms with Crippen molar-refractivity contribution in [2.45, 2.75) is 57.0 Å². The molecule has 15 heavy (non-hydrogen) atoms. The van der Waals surface area contributed by atoms with Gasteiger partial charge < -0.3 is 5.73 Å². The Balaban J connectivity index is 1.68. The largest absolute Gasteiger partial charge is 0.329 e. The molecule has 4 atom stereocenters. The van der Waals surface area contributed by atoms with E-state index in [0.29, 0.717) is 6.04 Å². The zero-order valence-electron chi connectivity index (χ0n) is 9.70. The average molecular weight is 208 g/mol. The van der Waals surface area contributed by atoms with Gasteiger partial charge in [0.05, 0.1) is 0 Å². The molecule has 0 aromatic rings. The molecule has 2 aliphatic carbocycles. The lowest BCUT2D eigenvalue weighted by Gasteiger charge is -2.42. The normalized spacial score (nSPS) is 46.2. The van der Waals surface area contributed by atoms with Crippen LogP contribution in [-0.4, -0.2) is 30.1 Å². The summed E-state index contributed by atoms with van der Waals surface area (Å²) >= 11 is 0. The maximum atomic E-state index is 5.92. The van der Waals surface area contributed by atoms with Crippen LogP contribution < -0.4 is 5.73 Å². The quantitative estimate of drug-likeness (QED) is 0.752. The molecule has 2 heteroatoms. The van der Waals surface area contributed by atoms with Crippen LogP contribution >= 0.6 is 0 Å². The topological polar surface area (TPSA) is 29.3 Å². The van der Waals surface area contributed by atoms with Gasteiger partial charge in [0, 0.05) is 18.6 Å². The molecule has 3 fully saturated rings. The Bertz CT molecular complexity index is 229. The molecule has 0 spiro atoms. The van der Waals surface area contributed by atoms with Crippen LogP contribution in [0.3, 0.4) is 0 Å². The molecule has 3 aliphatic rings. The second-order valence-corrected chi connectivity index (χ2v) is 5.78. The van der Waals surface area contributed by atoms with Crippen molar-refractivity contribution in [1.82, 2.24) is 4.90 Å². The van der Waals surface area contributed by atoms with Crippen LogP contribution in [0.15, 0.2) is 0 Å².